The van der Waals surface area contributed by atoms with E-state index in [1.54, 1.807) is 24.3 Å². The third-order valence-electron chi connectivity index (χ3n) is 3.73. The van der Waals surface area contributed by atoms with Crippen LogP contribution in [-0.4, -0.2) is 28.4 Å². The molecule has 0 aromatic heterocycles. The van der Waals surface area contributed by atoms with Crippen LogP contribution in [0.25, 0.3) is 0 Å². The van der Waals surface area contributed by atoms with Crippen LogP contribution in [0.15, 0.2) is 24.3 Å². The number of aryl methyl sites for hydroxylation is 1. The predicted molar refractivity (Wildman–Crippen MR) is 76.7 cm³/mol. The monoisotopic (exact) mass is 290 g/mol. The first-order chi connectivity index (χ1) is 9.83. The van der Waals surface area contributed by atoms with Crippen LogP contribution >= 0.6 is 0 Å². The van der Waals surface area contributed by atoms with Crippen molar-refractivity contribution >= 4 is 23.5 Å². The quantitative estimate of drug-likeness (QED) is 0.728. The summed E-state index contributed by atoms with van der Waals surface area (Å²) in [5, 5.41) is 14.0. The van der Waals surface area contributed by atoms with Crippen molar-refractivity contribution < 1.29 is 19.5 Å². The molecule has 6 heteroatoms. The Labute approximate surface area is 122 Å². The SMILES string of the molecule is Cc1ccc(NC(=O)C(=O)NC(C)(C(=O)O)C2CC2)cc1. The lowest BCUT2D eigenvalue weighted by molar-refractivity contribution is -0.149. The highest BCUT2D eigenvalue weighted by atomic mass is 16.4. The van der Waals surface area contributed by atoms with E-state index in [0.29, 0.717) is 5.69 Å². The summed E-state index contributed by atoms with van der Waals surface area (Å²) in [5.41, 5.74) is 0.135. The topological polar surface area (TPSA) is 95.5 Å². The van der Waals surface area contributed by atoms with Crippen LogP contribution < -0.4 is 10.6 Å². The Kier molecular flexibility index (Phi) is 3.97. The number of anilines is 1. The van der Waals surface area contributed by atoms with Crippen molar-refractivity contribution in [2.75, 3.05) is 5.32 Å². The third kappa shape index (κ3) is 3.39. The molecule has 1 fully saturated rings. The van der Waals surface area contributed by atoms with Gasteiger partial charge in [-0.15, -0.1) is 0 Å². The second-order valence-electron chi connectivity index (χ2n) is 5.56. The molecule has 1 atom stereocenters. The van der Waals surface area contributed by atoms with Gasteiger partial charge in [-0.05, 0) is 44.7 Å². The van der Waals surface area contributed by atoms with Gasteiger partial charge in [-0.25, -0.2) is 4.79 Å². The summed E-state index contributed by atoms with van der Waals surface area (Å²) in [6, 6.07) is 6.97. The molecule has 112 valence electrons. The average Bonchev–Trinajstić information content (AvgIpc) is 3.25. The number of benzene rings is 1. The smallest absolute Gasteiger partial charge is 0.329 e. The minimum absolute atomic E-state index is 0.119. The largest absolute Gasteiger partial charge is 0.480 e. The van der Waals surface area contributed by atoms with E-state index in [4.69, 9.17) is 0 Å². The Morgan fingerprint density at radius 1 is 1.14 bits per heavy atom. The van der Waals surface area contributed by atoms with E-state index >= 15 is 0 Å². The molecular formula is C15H18N2O4. The molecule has 2 amide bonds. The number of hydrogen-bond acceptors (Lipinski definition) is 3. The maximum Gasteiger partial charge on any atom is 0.329 e. The van der Waals surface area contributed by atoms with Crippen LogP contribution in [-0.2, 0) is 14.4 Å². The first-order valence-electron chi connectivity index (χ1n) is 6.76. The molecule has 21 heavy (non-hydrogen) atoms. The Morgan fingerprint density at radius 2 is 1.71 bits per heavy atom. The molecule has 6 nitrogen and oxygen atoms in total. The molecule has 1 aliphatic rings. The Hall–Kier alpha value is -2.37. The number of hydrogen-bond donors (Lipinski definition) is 3. The fourth-order valence-corrected chi connectivity index (χ4v) is 2.11. The molecule has 0 heterocycles. The van der Waals surface area contributed by atoms with Crippen LogP contribution in [0.5, 0.6) is 0 Å². The number of aliphatic carboxylic acids is 1. The van der Waals surface area contributed by atoms with Crippen molar-refractivity contribution in [2.45, 2.75) is 32.2 Å². The molecular weight excluding hydrogens is 272 g/mol. The summed E-state index contributed by atoms with van der Waals surface area (Å²) in [6.45, 7) is 3.34. The lowest BCUT2D eigenvalue weighted by atomic mass is 9.96. The van der Waals surface area contributed by atoms with Crippen molar-refractivity contribution in [1.82, 2.24) is 5.32 Å². The molecule has 1 aromatic rings. The van der Waals surface area contributed by atoms with Gasteiger partial charge in [-0.3, -0.25) is 9.59 Å². The minimum atomic E-state index is -1.39. The maximum absolute atomic E-state index is 11.9. The van der Waals surface area contributed by atoms with Gasteiger partial charge in [-0.1, -0.05) is 17.7 Å². The zero-order valence-electron chi connectivity index (χ0n) is 12.0. The van der Waals surface area contributed by atoms with Crippen LogP contribution in [0.4, 0.5) is 5.69 Å². The molecule has 0 saturated heterocycles. The summed E-state index contributed by atoms with van der Waals surface area (Å²) in [4.78, 5) is 35.0. The number of carbonyl (C=O) groups excluding carboxylic acids is 2. The van der Waals surface area contributed by atoms with Crippen LogP contribution in [0.3, 0.4) is 0 Å². The first-order valence-corrected chi connectivity index (χ1v) is 6.76. The maximum atomic E-state index is 11.9. The second kappa shape index (κ2) is 5.55. The van der Waals surface area contributed by atoms with Gasteiger partial charge in [0.15, 0.2) is 0 Å². The minimum Gasteiger partial charge on any atom is -0.480 e. The van der Waals surface area contributed by atoms with E-state index in [-0.39, 0.29) is 5.92 Å². The van der Waals surface area contributed by atoms with Gasteiger partial charge in [0.2, 0.25) is 0 Å². The van der Waals surface area contributed by atoms with Crippen LogP contribution in [0.1, 0.15) is 25.3 Å². The van der Waals surface area contributed by atoms with Crippen LogP contribution in [0.2, 0.25) is 0 Å². The van der Waals surface area contributed by atoms with Crippen molar-refractivity contribution in [1.29, 1.82) is 0 Å². The van der Waals surface area contributed by atoms with E-state index in [0.717, 1.165) is 18.4 Å². The van der Waals surface area contributed by atoms with E-state index in [2.05, 4.69) is 10.6 Å². The fourth-order valence-electron chi connectivity index (χ4n) is 2.11. The highest BCUT2D eigenvalue weighted by molar-refractivity contribution is 6.40. The molecule has 1 saturated carbocycles. The fraction of sp³-hybridized carbons (Fsp3) is 0.400. The molecule has 0 bridgehead atoms. The Bertz CT molecular complexity index is 578. The number of rotatable bonds is 4. The van der Waals surface area contributed by atoms with E-state index < -0.39 is 23.3 Å². The predicted octanol–water partition coefficient (Wildman–Crippen LogP) is 1.30. The number of carbonyl (C=O) groups is 3. The highest BCUT2D eigenvalue weighted by Crippen LogP contribution is 2.39. The molecule has 0 radical (unpaired) electrons. The molecule has 3 N–H and O–H groups in total. The van der Waals surface area contributed by atoms with Gasteiger partial charge in [0, 0.05) is 5.69 Å². The molecule has 2 rings (SSSR count). The molecule has 1 aromatic carbocycles. The van der Waals surface area contributed by atoms with E-state index in [1.165, 1.54) is 6.92 Å². The van der Waals surface area contributed by atoms with Gasteiger partial charge < -0.3 is 15.7 Å². The van der Waals surface area contributed by atoms with Gasteiger partial charge >= 0.3 is 17.8 Å². The van der Waals surface area contributed by atoms with E-state index in [9.17, 15) is 19.5 Å². The van der Waals surface area contributed by atoms with Gasteiger partial charge in [0.25, 0.3) is 0 Å². The zero-order chi connectivity index (χ0) is 15.6. The Morgan fingerprint density at radius 3 is 2.19 bits per heavy atom. The van der Waals surface area contributed by atoms with Crippen molar-refractivity contribution in [3.8, 4) is 0 Å². The summed E-state index contributed by atoms with van der Waals surface area (Å²) in [6.07, 6.45) is 1.48. The number of carboxylic acids is 1. The first kappa shape index (κ1) is 15.0. The summed E-state index contributed by atoms with van der Waals surface area (Å²) >= 11 is 0. The molecule has 0 aliphatic heterocycles. The molecule has 1 aliphatic carbocycles. The number of nitrogens with one attached hydrogen (secondary N) is 2. The lowest BCUT2D eigenvalue weighted by Gasteiger charge is -2.25. The molecule has 1 unspecified atom stereocenters. The van der Waals surface area contributed by atoms with E-state index in [1.807, 2.05) is 6.92 Å². The standard InChI is InChI=1S/C15H18N2O4/c1-9-3-7-11(8-4-9)16-12(18)13(19)17-15(2,14(20)21)10-5-6-10/h3-4,7-8,10H,5-6H2,1-2H3,(H,16,18)(H,17,19)(H,20,21). The summed E-state index contributed by atoms with van der Waals surface area (Å²) < 4.78 is 0. The van der Waals surface area contributed by atoms with Crippen LogP contribution in [0, 0.1) is 12.8 Å². The number of amides is 2. The van der Waals surface area contributed by atoms with Gasteiger partial charge in [0.05, 0.1) is 0 Å². The van der Waals surface area contributed by atoms with Crippen molar-refractivity contribution in [3.63, 3.8) is 0 Å². The lowest BCUT2D eigenvalue weighted by Crippen LogP contribution is -2.56. The van der Waals surface area contributed by atoms with Gasteiger partial charge in [-0.2, -0.15) is 0 Å². The van der Waals surface area contributed by atoms with Crippen molar-refractivity contribution in [3.05, 3.63) is 29.8 Å². The second-order valence-corrected chi connectivity index (χ2v) is 5.56. The zero-order valence-corrected chi connectivity index (χ0v) is 12.0. The number of carboxylic acid groups (broad SMARTS) is 1. The highest BCUT2D eigenvalue weighted by Gasteiger charge is 2.49. The molecule has 0 spiro atoms. The van der Waals surface area contributed by atoms with Crippen molar-refractivity contribution in [2.24, 2.45) is 5.92 Å². The normalized spacial score (nSPS) is 16.7. The van der Waals surface area contributed by atoms with Gasteiger partial charge in [0.1, 0.15) is 5.54 Å². The Balaban J connectivity index is 2.00. The average molecular weight is 290 g/mol. The third-order valence-corrected chi connectivity index (χ3v) is 3.73. The summed E-state index contributed by atoms with van der Waals surface area (Å²) in [5.74, 6) is -3.05. The summed E-state index contributed by atoms with van der Waals surface area (Å²) in [7, 11) is 0.